The summed E-state index contributed by atoms with van der Waals surface area (Å²) in [5, 5.41) is 130. The van der Waals surface area contributed by atoms with Crippen LogP contribution in [0.1, 0.15) is 105 Å². The normalized spacial score (nSPS) is 29.2. The van der Waals surface area contributed by atoms with Gasteiger partial charge in [-0.3, -0.25) is 43.6 Å². The fourth-order valence-corrected chi connectivity index (χ4v) is 13.0. The number of nitrogens with one attached hydrogen (secondary N) is 8. The van der Waals surface area contributed by atoms with E-state index in [0.29, 0.717) is 0 Å². The average Bonchev–Trinajstić information content (AvgIpc) is 0.770. The standard InChI is InChI=1S/C66H76Cl2N10O24/c1-23(2)12-34(71-5)58(89)76-49-51(84)26-7-10-38(32(67)14-26)98-40-16-28-17-41(55(40)102-65-56(54(87)53(86)42(22-79)100-65)101-44-21-66(4,70)57(88)24(3)97-44)99-39-11-8-27(15-33(39)68)52(85)50-63(94)75-48(64(95)78-96)31-18-29(80)19-37(82)45(31)30-13-25(6-9-36(30)81)46(60(91)77-50)74-61(92)47(28)73-59(90)35(20-43(69)83)72-62(49)93/h6-11,13-19,23-24,34-35,42,44,46-54,56-57,65,71,79-82,84-88,96H,12,20-22,70H2,1-5H3,(H2,69,83)(H,72,93)(H,73,90)(H,74,92)(H,75,94)(H,76,89)(H,77,91)(H,78,95)/t24-,34+,35+,42+,44+,46+,47?,48-,49-,50-,51-,52+,53-,54-,56-,57+,65-,66-/m1/s1. The molecule has 5 aromatic rings. The number of likely N-dealkylation sites (N-methyl/N-ethyl adjacent to an activating group) is 1. The number of hydroxylamine groups is 1. The fourth-order valence-electron chi connectivity index (χ4n) is 12.6. The molecular formula is C66H76Cl2N10O24. The largest absolute Gasteiger partial charge is 0.508 e. The first-order valence-corrected chi connectivity index (χ1v) is 32.6. The van der Waals surface area contributed by atoms with Crippen molar-refractivity contribution in [3.63, 3.8) is 0 Å². The molecule has 102 heavy (non-hydrogen) atoms. The van der Waals surface area contributed by atoms with Crippen LogP contribution < -0.4 is 68.4 Å². The Kier molecular flexibility index (Phi) is 22.7. The van der Waals surface area contributed by atoms with Crippen molar-refractivity contribution in [3.8, 4) is 57.1 Å². The Morgan fingerprint density at radius 2 is 1.32 bits per heavy atom. The molecule has 0 radical (unpaired) electrons. The van der Waals surface area contributed by atoms with E-state index in [0.717, 1.165) is 66.7 Å². The number of aliphatic hydroxyl groups excluding tert-OH is 6. The minimum Gasteiger partial charge on any atom is -0.508 e. The van der Waals surface area contributed by atoms with E-state index in [1.54, 1.807) is 0 Å². The van der Waals surface area contributed by atoms with Gasteiger partial charge in [-0.05, 0) is 116 Å². The molecule has 0 saturated carbocycles. The number of aliphatic hydroxyl groups is 6. The van der Waals surface area contributed by atoms with Crippen molar-refractivity contribution in [2.45, 2.75) is 156 Å². The molecule has 0 spiro atoms. The van der Waals surface area contributed by atoms with Crippen molar-refractivity contribution in [2.75, 3.05) is 13.7 Å². The third kappa shape index (κ3) is 15.9. The predicted octanol–water partition coefficient (Wildman–Crippen LogP) is -0.473. The smallest absolute Gasteiger partial charge is 0.270 e. The van der Waals surface area contributed by atoms with Gasteiger partial charge in [0.25, 0.3) is 5.91 Å². The van der Waals surface area contributed by atoms with Crippen LogP contribution in [0.4, 0.5) is 0 Å². The number of aromatic hydroxyl groups is 3. The Morgan fingerprint density at radius 3 is 1.91 bits per heavy atom. The SMILES string of the molecule is CN[C@@H](CC(C)C)C(=O)N[C@H]1C(=O)N[C@@H](CC(N)=O)C(=O)NC2C(=O)N[C@@H]3C(=O)N[C@@H](C(=O)N[C@@H](C(=O)NO)c4cc(O)cc(O)c4-c4cc3ccc4O)[C@@H](O)c3ccc(c(Cl)c3)Oc3cc2cc(c3O[C@H]2O[C@@H](CO)[C@@H](O)[C@@H](O)[C@H]2O[C@H]2C[C@@](C)(N)[C@@H](O)[C@@H](C)O2)Oc2ccc(cc2Cl)[C@H]1O. The van der Waals surface area contributed by atoms with Crippen molar-refractivity contribution in [1.82, 2.24) is 42.7 Å². The van der Waals surface area contributed by atoms with Crippen molar-refractivity contribution in [3.05, 3.63) is 117 Å². The number of phenolic OH excluding ortho intramolecular Hbond substituents is 3. The van der Waals surface area contributed by atoms with Crippen LogP contribution in [0.2, 0.25) is 10.0 Å². The topological polar surface area (TPSA) is 543 Å². The second-order valence-corrected chi connectivity index (χ2v) is 26.7. The van der Waals surface area contributed by atoms with Crippen molar-refractivity contribution >= 4 is 70.5 Å². The number of carbonyl (C=O) groups is 8. The van der Waals surface area contributed by atoms with Crippen molar-refractivity contribution in [2.24, 2.45) is 17.4 Å². The van der Waals surface area contributed by atoms with Gasteiger partial charge in [-0.15, -0.1) is 0 Å². The van der Waals surface area contributed by atoms with E-state index in [1.807, 2.05) is 13.8 Å². The molecule has 22 N–H and O–H groups in total. The fraction of sp³-hybridized carbons (Fsp3) is 0.424. The molecule has 5 aromatic carbocycles. The molecule has 36 heteroatoms. The van der Waals surface area contributed by atoms with Gasteiger partial charge in [-0.2, -0.15) is 0 Å². The Balaban J connectivity index is 1.24. The number of carbonyl (C=O) groups excluding carboxylic acids is 8. The van der Waals surface area contributed by atoms with E-state index in [1.165, 1.54) is 38.5 Å². The summed E-state index contributed by atoms with van der Waals surface area (Å²) in [6.45, 7) is 5.66. The number of primary amides is 1. The zero-order valence-corrected chi connectivity index (χ0v) is 56.3. The molecular weight excluding hydrogens is 1390 g/mol. The highest BCUT2D eigenvalue weighted by Gasteiger charge is 2.51. The zero-order chi connectivity index (χ0) is 74.2. The van der Waals surface area contributed by atoms with Gasteiger partial charge in [0.15, 0.2) is 23.9 Å². The van der Waals surface area contributed by atoms with Crippen LogP contribution in [-0.4, -0.2) is 191 Å². The highest BCUT2D eigenvalue weighted by Crippen LogP contribution is 2.50. The monoisotopic (exact) mass is 1460 g/mol. The van der Waals surface area contributed by atoms with Crippen LogP contribution in [0, 0.1) is 5.92 Å². The number of phenols is 3. The van der Waals surface area contributed by atoms with E-state index in [9.17, 15) is 75.1 Å². The van der Waals surface area contributed by atoms with Crippen LogP contribution in [0.15, 0.2) is 78.9 Å². The molecule has 34 nitrogen and oxygen atoms in total. The number of benzene rings is 5. The first-order valence-electron chi connectivity index (χ1n) is 31.9. The second-order valence-electron chi connectivity index (χ2n) is 25.9. The first-order chi connectivity index (χ1) is 48.2. The number of ether oxygens (including phenoxy) is 6. The van der Waals surface area contributed by atoms with Crippen LogP contribution in [-0.2, 0) is 52.6 Å². The molecule has 7 aliphatic rings. The third-order valence-electron chi connectivity index (χ3n) is 17.9. The molecule has 548 valence electrons. The first kappa shape index (κ1) is 75.4. The van der Waals surface area contributed by atoms with Gasteiger partial charge in [-0.25, -0.2) is 5.48 Å². The van der Waals surface area contributed by atoms with E-state index < -0.39 is 237 Å². The lowest BCUT2D eigenvalue weighted by molar-refractivity contribution is -0.333. The van der Waals surface area contributed by atoms with Gasteiger partial charge >= 0.3 is 0 Å². The quantitative estimate of drug-likeness (QED) is 0.0523. The molecule has 2 fully saturated rings. The minimum absolute atomic E-state index is 0.0990. The highest BCUT2D eigenvalue weighted by molar-refractivity contribution is 6.32. The number of halogens is 2. The lowest BCUT2D eigenvalue weighted by atomic mass is 9.86. The molecule has 12 rings (SSSR count). The van der Waals surface area contributed by atoms with Crippen LogP contribution in [0.25, 0.3) is 11.1 Å². The summed E-state index contributed by atoms with van der Waals surface area (Å²) in [4.78, 5) is 118. The number of rotatable bonds is 13. The minimum atomic E-state index is -2.35. The molecule has 2 saturated heterocycles. The molecule has 18 atom stereocenters. The summed E-state index contributed by atoms with van der Waals surface area (Å²) in [6.07, 6.45) is -18.6. The van der Waals surface area contributed by atoms with Crippen molar-refractivity contribution in [1.29, 1.82) is 0 Å². The maximum absolute atomic E-state index is 16.0. The van der Waals surface area contributed by atoms with E-state index in [4.69, 9.17) is 63.1 Å². The highest BCUT2D eigenvalue weighted by atomic mass is 35.5. The summed E-state index contributed by atoms with van der Waals surface area (Å²) < 4.78 is 38.3. The summed E-state index contributed by atoms with van der Waals surface area (Å²) in [5.74, 6) is -15.6. The summed E-state index contributed by atoms with van der Waals surface area (Å²) in [6, 6.07) is -0.530. The van der Waals surface area contributed by atoms with Gasteiger partial charge in [0, 0.05) is 29.2 Å². The van der Waals surface area contributed by atoms with E-state index in [2.05, 4.69) is 37.2 Å². The Hall–Kier alpha value is -9.24. The maximum Gasteiger partial charge on any atom is 0.270 e. The summed E-state index contributed by atoms with van der Waals surface area (Å²) >= 11 is 14.1. The van der Waals surface area contributed by atoms with Gasteiger partial charge < -0.3 is 123 Å². The number of fused-ring (bicyclic) bond motifs is 15. The van der Waals surface area contributed by atoms with E-state index in [-0.39, 0.29) is 46.2 Å². The van der Waals surface area contributed by atoms with Crippen LogP contribution in [0.3, 0.4) is 0 Å². The molecule has 7 aliphatic heterocycles. The molecule has 0 aromatic heterocycles. The van der Waals surface area contributed by atoms with Gasteiger partial charge in [0.05, 0.1) is 41.3 Å². The third-order valence-corrected chi connectivity index (χ3v) is 18.5. The summed E-state index contributed by atoms with van der Waals surface area (Å²) in [7, 11) is 1.47. The van der Waals surface area contributed by atoms with Gasteiger partial charge in [0.2, 0.25) is 53.4 Å². The van der Waals surface area contributed by atoms with Crippen LogP contribution >= 0.6 is 23.2 Å². The number of nitrogens with two attached hydrogens (primary N) is 2. The Morgan fingerprint density at radius 1 is 0.716 bits per heavy atom. The number of hydrogen-bond acceptors (Lipinski definition) is 26. The second kappa shape index (κ2) is 30.8. The number of hydrogen-bond donors (Lipinski definition) is 20. The number of amides is 8. The summed E-state index contributed by atoms with van der Waals surface area (Å²) in [5.41, 5.74) is 9.46. The van der Waals surface area contributed by atoms with Gasteiger partial charge in [0.1, 0.15) is 95.5 Å². The lowest BCUT2D eigenvalue weighted by Gasteiger charge is -2.47. The van der Waals surface area contributed by atoms with Crippen molar-refractivity contribution < 1.29 is 118 Å². The van der Waals surface area contributed by atoms with Crippen LogP contribution in [0.5, 0.6) is 46.0 Å². The molecule has 0 aliphatic carbocycles. The lowest BCUT2D eigenvalue weighted by Crippen LogP contribution is -2.64. The molecule has 8 amide bonds. The molecule has 11 bridgehead atoms. The zero-order valence-electron chi connectivity index (χ0n) is 54.8. The Bertz CT molecular complexity index is 4100. The molecule has 1 unspecified atom stereocenters. The average molecular weight is 1460 g/mol. The Labute approximate surface area is 589 Å². The maximum atomic E-state index is 16.0. The molecule has 7 heterocycles. The van der Waals surface area contributed by atoms with Gasteiger partial charge in [-0.1, -0.05) is 55.2 Å². The predicted molar refractivity (Wildman–Crippen MR) is 352 cm³/mol. The van der Waals surface area contributed by atoms with E-state index >= 15 is 14.4 Å².